The zero-order valence-electron chi connectivity index (χ0n) is 11.4. The zero-order valence-corrected chi connectivity index (χ0v) is 12.2. The van der Waals surface area contributed by atoms with E-state index >= 15 is 0 Å². The van der Waals surface area contributed by atoms with Crippen molar-refractivity contribution < 1.29 is 17.9 Å². The molecule has 1 rings (SSSR count). The molecule has 6 heteroatoms. The number of rotatable bonds is 8. The summed E-state index contributed by atoms with van der Waals surface area (Å²) in [5.41, 5.74) is -0.369. The molecule has 0 bridgehead atoms. The first-order valence-electron chi connectivity index (χ1n) is 6.60. The molecule has 0 aromatic rings. The van der Waals surface area contributed by atoms with E-state index in [0.717, 1.165) is 32.3 Å². The van der Waals surface area contributed by atoms with Crippen molar-refractivity contribution in [2.24, 2.45) is 10.6 Å². The summed E-state index contributed by atoms with van der Waals surface area (Å²) >= 11 is 0. The Morgan fingerprint density at radius 2 is 2.06 bits per heavy atom. The van der Waals surface area contributed by atoms with Crippen LogP contribution < -0.4 is 5.14 Å². The molecule has 0 amide bonds. The normalized spacial score (nSPS) is 21.4. The lowest BCUT2D eigenvalue weighted by Crippen LogP contribution is -2.37. The summed E-state index contributed by atoms with van der Waals surface area (Å²) in [5, 5.41) is 5.16. The van der Waals surface area contributed by atoms with Crippen LogP contribution in [0.3, 0.4) is 0 Å². The summed E-state index contributed by atoms with van der Waals surface area (Å²) in [5.74, 6) is -0.0154. The molecule has 0 saturated carbocycles. The molecule has 2 N–H and O–H groups in total. The van der Waals surface area contributed by atoms with Gasteiger partial charge in [-0.15, -0.1) is 0 Å². The molecule has 5 nitrogen and oxygen atoms in total. The Bertz CT molecular complexity index is 332. The Balaban J connectivity index is 2.45. The number of hydrogen-bond acceptors (Lipinski definition) is 4. The first-order valence-corrected chi connectivity index (χ1v) is 8.32. The van der Waals surface area contributed by atoms with E-state index in [1.54, 1.807) is 0 Å². The quantitative estimate of drug-likeness (QED) is 0.726. The van der Waals surface area contributed by atoms with Gasteiger partial charge in [0.05, 0.1) is 25.1 Å². The van der Waals surface area contributed by atoms with Crippen molar-refractivity contribution in [2.75, 3.05) is 25.6 Å². The van der Waals surface area contributed by atoms with Crippen LogP contribution in [0.4, 0.5) is 0 Å². The van der Waals surface area contributed by atoms with Crippen LogP contribution in [0.15, 0.2) is 0 Å². The molecule has 1 fully saturated rings. The topological polar surface area (TPSA) is 78.6 Å². The van der Waals surface area contributed by atoms with Gasteiger partial charge in [0.15, 0.2) is 0 Å². The van der Waals surface area contributed by atoms with Crippen LogP contribution in [-0.2, 0) is 19.5 Å². The van der Waals surface area contributed by atoms with Gasteiger partial charge in [-0.25, -0.2) is 13.6 Å². The Morgan fingerprint density at radius 1 is 1.39 bits per heavy atom. The van der Waals surface area contributed by atoms with Gasteiger partial charge in [-0.1, -0.05) is 13.8 Å². The van der Waals surface area contributed by atoms with Gasteiger partial charge in [-0.3, -0.25) is 0 Å². The fraction of sp³-hybridized carbons (Fsp3) is 1.00. The molecule has 1 saturated heterocycles. The third-order valence-corrected chi connectivity index (χ3v) is 4.76. The molecule has 1 unspecified atom stereocenters. The second-order valence-electron chi connectivity index (χ2n) is 5.16. The average Bonchev–Trinajstić information content (AvgIpc) is 2.79. The average molecular weight is 279 g/mol. The van der Waals surface area contributed by atoms with Gasteiger partial charge in [0.1, 0.15) is 0 Å². The molecule has 1 heterocycles. The minimum atomic E-state index is -3.47. The van der Waals surface area contributed by atoms with E-state index in [1.165, 1.54) is 0 Å². The van der Waals surface area contributed by atoms with Crippen LogP contribution in [0, 0.1) is 5.41 Å². The standard InChI is InChI=1S/C12H25NO4S/c1-3-12(4-2,10-18(13,14)15)9-16-8-11-6-5-7-17-11/h11H,3-10H2,1-2H3,(H2,13,14,15). The van der Waals surface area contributed by atoms with Gasteiger partial charge in [-0.05, 0) is 25.7 Å². The van der Waals surface area contributed by atoms with Crippen LogP contribution in [0.1, 0.15) is 39.5 Å². The van der Waals surface area contributed by atoms with Gasteiger partial charge in [0.25, 0.3) is 0 Å². The zero-order chi connectivity index (χ0) is 13.6. The summed E-state index contributed by atoms with van der Waals surface area (Å²) < 4.78 is 33.7. The van der Waals surface area contributed by atoms with Crippen molar-refractivity contribution in [2.45, 2.75) is 45.6 Å². The predicted octanol–water partition coefficient (Wildman–Crippen LogP) is 1.28. The summed E-state index contributed by atoms with van der Waals surface area (Å²) in [6, 6.07) is 0. The van der Waals surface area contributed by atoms with E-state index < -0.39 is 10.0 Å². The maximum absolute atomic E-state index is 11.3. The van der Waals surface area contributed by atoms with E-state index in [1.807, 2.05) is 13.8 Å². The molecule has 0 radical (unpaired) electrons. The van der Waals surface area contributed by atoms with Crippen LogP contribution in [0.25, 0.3) is 0 Å². The molecular formula is C12H25NO4S. The SMILES string of the molecule is CCC(CC)(COCC1CCCO1)CS(N)(=O)=O. The van der Waals surface area contributed by atoms with E-state index in [0.29, 0.717) is 13.2 Å². The van der Waals surface area contributed by atoms with Crippen LogP contribution in [0.5, 0.6) is 0 Å². The van der Waals surface area contributed by atoms with Crippen LogP contribution in [0.2, 0.25) is 0 Å². The Labute approximate surface area is 110 Å². The highest BCUT2D eigenvalue weighted by Crippen LogP contribution is 2.28. The third kappa shape index (κ3) is 5.22. The molecule has 108 valence electrons. The minimum Gasteiger partial charge on any atom is -0.378 e. The van der Waals surface area contributed by atoms with Gasteiger partial charge in [0, 0.05) is 12.0 Å². The van der Waals surface area contributed by atoms with Crippen molar-refractivity contribution in [3.05, 3.63) is 0 Å². The second kappa shape index (κ2) is 6.84. The minimum absolute atomic E-state index is 0.0154. The third-order valence-electron chi connectivity index (χ3n) is 3.74. The molecule has 18 heavy (non-hydrogen) atoms. The fourth-order valence-corrected chi connectivity index (χ4v) is 3.65. The lowest BCUT2D eigenvalue weighted by Gasteiger charge is -2.30. The van der Waals surface area contributed by atoms with E-state index in [-0.39, 0.29) is 17.3 Å². The van der Waals surface area contributed by atoms with Crippen molar-refractivity contribution in [1.82, 2.24) is 0 Å². The first-order chi connectivity index (χ1) is 8.41. The fourth-order valence-electron chi connectivity index (χ4n) is 2.31. The van der Waals surface area contributed by atoms with Crippen LogP contribution in [-0.4, -0.2) is 40.1 Å². The smallest absolute Gasteiger partial charge is 0.209 e. The predicted molar refractivity (Wildman–Crippen MR) is 70.8 cm³/mol. The van der Waals surface area contributed by atoms with E-state index in [4.69, 9.17) is 14.6 Å². The van der Waals surface area contributed by atoms with Crippen molar-refractivity contribution in [3.8, 4) is 0 Å². The molecule has 1 atom stereocenters. The maximum Gasteiger partial charge on any atom is 0.209 e. The molecule has 0 aromatic carbocycles. The molecular weight excluding hydrogens is 254 g/mol. The highest BCUT2D eigenvalue weighted by atomic mass is 32.2. The monoisotopic (exact) mass is 279 g/mol. The number of hydrogen-bond donors (Lipinski definition) is 1. The Kier molecular flexibility index (Phi) is 6.04. The van der Waals surface area contributed by atoms with Crippen molar-refractivity contribution >= 4 is 10.0 Å². The molecule has 0 aliphatic carbocycles. The summed E-state index contributed by atoms with van der Waals surface area (Å²) in [7, 11) is -3.47. The number of ether oxygens (including phenoxy) is 2. The first kappa shape index (κ1) is 15.9. The highest BCUT2D eigenvalue weighted by Gasteiger charge is 2.31. The molecule has 1 aliphatic heterocycles. The lowest BCUT2D eigenvalue weighted by atomic mass is 9.85. The lowest BCUT2D eigenvalue weighted by molar-refractivity contribution is -0.0149. The van der Waals surface area contributed by atoms with Crippen molar-refractivity contribution in [3.63, 3.8) is 0 Å². The number of nitrogens with two attached hydrogens (primary N) is 1. The maximum atomic E-state index is 11.3. The largest absolute Gasteiger partial charge is 0.378 e. The van der Waals surface area contributed by atoms with E-state index in [2.05, 4.69) is 0 Å². The summed E-state index contributed by atoms with van der Waals surface area (Å²) in [6.07, 6.45) is 3.76. The van der Waals surface area contributed by atoms with Crippen LogP contribution >= 0.6 is 0 Å². The van der Waals surface area contributed by atoms with Gasteiger partial charge in [0.2, 0.25) is 10.0 Å². The van der Waals surface area contributed by atoms with Gasteiger partial charge < -0.3 is 9.47 Å². The summed E-state index contributed by atoms with van der Waals surface area (Å²) in [6.45, 7) is 5.73. The van der Waals surface area contributed by atoms with Crippen molar-refractivity contribution in [1.29, 1.82) is 0 Å². The Hall–Kier alpha value is -0.170. The number of sulfonamides is 1. The second-order valence-corrected chi connectivity index (χ2v) is 6.78. The Morgan fingerprint density at radius 3 is 2.50 bits per heavy atom. The van der Waals surface area contributed by atoms with Gasteiger partial charge in [-0.2, -0.15) is 0 Å². The summed E-state index contributed by atoms with van der Waals surface area (Å²) in [4.78, 5) is 0. The molecule has 0 aromatic heterocycles. The molecule has 1 aliphatic rings. The van der Waals surface area contributed by atoms with Gasteiger partial charge >= 0.3 is 0 Å². The van der Waals surface area contributed by atoms with E-state index in [9.17, 15) is 8.42 Å². The highest BCUT2D eigenvalue weighted by molar-refractivity contribution is 7.89. The number of primary sulfonamides is 1. The molecule has 0 spiro atoms.